The highest BCUT2D eigenvalue weighted by atomic mass is 79.9. The summed E-state index contributed by atoms with van der Waals surface area (Å²) in [5.41, 5.74) is 8.81. The van der Waals surface area contributed by atoms with Crippen molar-refractivity contribution in [2.75, 3.05) is 11.9 Å². The molecule has 0 aliphatic carbocycles. The van der Waals surface area contributed by atoms with Gasteiger partial charge in [0.1, 0.15) is 10.7 Å². The Morgan fingerprint density at radius 1 is 1.42 bits per heavy atom. The molecule has 2 N–H and O–H groups in total. The highest BCUT2D eigenvalue weighted by Gasteiger charge is 2.12. The smallest absolute Gasteiger partial charge is 0.106 e. The Labute approximate surface area is 126 Å². The maximum absolute atomic E-state index is 5.78. The molecule has 19 heavy (non-hydrogen) atoms. The number of benzene rings is 1. The average Bonchev–Trinajstić information content (AvgIpc) is 2.74. The van der Waals surface area contributed by atoms with Crippen LogP contribution < -0.4 is 10.6 Å². The lowest BCUT2D eigenvalue weighted by atomic mass is 10.1. The maximum Gasteiger partial charge on any atom is 0.106 e. The third-order valence-corrected chi connectivity index (χ3v) is 3.72. The topological polar surface area (TPSA) is 42.4 Å². The van der Waals surface area contributed by atoms with E-state index in [-0.39, 0.29) is 0 Å². The molecule has 1 aromatic heterocycles. The van der Waals surface area contributed by atoms with Crippen LogP contribution in [0.5, 0.6) is 0 Å². The summed E-state index contributed by atoms with van der Waals surface area (Å²) in [6.45, 7) is 2.70. The molecule has 0 radical (unpaired) electrons. The van der Waals surface area contributed by atoms with Gasteiger partial charge in [0, 0.05) is 34.9 Å². The fourth-order valence-corrected chi connectivity index (χ4v) is 2.47. The van der Waals surface area contributed by atoms with E-state index in [1.54, 1.807) is 6.26 Å². The van der Waals surface area contributed by atoms with Crippen molar-refractivity contribution in [3.8, 4) is 0 Å². The highest BCUT2D eigenvalue weighted by molar-refractivity contribution is 9.10. The minimum Gasteiger partial charge on any atom is -0.469 e. The van der Waals surface area contributed by atoms with Crippen molar-refractivity contribution in [2.45, 2.75) is 13.5 Å². The molecule has 3 nitrogen and oxygen atoms in total. The fourth-order valence-electron chi connectivity index (χ4n) is 1.94. The number of aryl methyl sites for hydroxylation is 1. The van der Waals surface area contributed by atoms with Crippen LogP contribution in [0.15, 0.2) is 39.4 Å². The van der Waals surface area contributed by atoms with Crippen molar-refractivity contribution < 1.29 is 4.42 Å². The lowest BCUT2D eigenvalue weighted by molar-refractivity contribution is 0.529. The van der Waals surface area contributed by atoms with Crippen molar-refractivity contribution >= 4 is 38.8 Å². The highest BCUT2D eigenvalue weighted by Crippen LogP contribution is 2.26. The van der Waals surface area contributed by atoms with Crippen LogP contribution in [0, 0.1) is 6.92 Å². The zero-order valence-corrected chi connectivity index (χ0v) is 13.2. The first-order chi connectivity index (χ1) is 8.99. The zero-order valence-electron chi connectivity index (χ0n) is 10.8. The molecular formula is C14H15BrN2OS. The van der Waals surface area contributed by atoms with E-state index in [9.17, 15) is 0 Å². The van der Waals surface area contributed by atoms with Crippen LogP contribution in [0.4, 0.5) is 5.69 Å². The SMILES string of the molecule is Cc1occc1CN(C)c1cc(Br)ccc1C(N)=S. The lowest BCUT2D eigenvalue weighted by Gasteiger charge is -2.22. The first kappa shape index (κ1) is 14.1. The second-order valence-electron chi connectivity index (χ2n) is 4.38. The monoisotopic (exact) mass is 338 g/mol. The Morgan fingerprint density at radius 2 is 2.16 bits per heavy atom. The molecular weight excluding hydrogens is 324 g/mol. The van der Waals surface area contributed by atoms with Gasteiger partial charge in [0.25, 0.3) is 0 Å². The van der Waals surface area contributed by atoms with Crippen LogP contribution in [-0.4, -0.2) is 12.0 Å². The van der Waals surface area contributed by atoms with E-state index in [1.165, 1.54) is 0 Å². The van der Waals surface area contributed by atoms with Crippen LogP contribution >= 0.6 is 28.1 Å². The first-order valence-electron chi connectivity index (χ1n) is 5.82. The van der Waals surface area contributed by atoms with Crippen LogP contribution in [0.2, 0.25) is 0 Å². The molecule has 1 aromatic carbocycles. The number of nitrogens with two attached hydrogens (primary N) is 1. The summed E-state index contributed by atoms with van der Waals surface area (Å²) in [6, 6.07) is 7.86. The number of rotatable bonds is 4. The summed E-state index contributed by atoms with van der Waals surface area (Å²) in [6.07, 6.45) is 1.70. The number of furan rings is 1. The molecule has 1 heterocycles. The largest absolute Gasteiger partial charge is 0.469 e. The molecule has 0 aliphatic rings. The summed E-state index contributed by atoms with van der Waals surface area (Å²) < 4.78 is 6.31. The first-order valence-corrected chi connectivity index (χ1v) is 7.02. The zero-order chi connectivity index (χ0) is 14.0. The Bertz CT molecular complexity index is 609. The van der Waals surface area contributed by atoms with Gasteiger partial charge in [0.05, 0.1) is 6.26 Å². The number of thiocarbonyl (C=S) groups is 1. The fraction of sp³-hybridized carbons (Fsp3) is 0.214. The summed E-state index contributed by atoms with van der Waals surface area (Å²) in [4.78, 5) is 2.51. The van der Waals surface area contributed by atoms with E-state index in [0.717, 1.165) is 33.6 Å². The van der Waals surface area contributed by atoms with E-state index in [1.807, 2.05) is 38.2 Å². The van der Waals surface area contributed by atoms with Crippen molar-refractivity contribution in [2.24, 2.45) is 5.73 Å². The number of hydrogen-bond acceptors (Lipinski definition) is 3. The number of halogens is 1. The van der Waals surface area contributed by atoms with E-state index < -0.39 is 0 Å². The molecule has 0 unspecified atom stereocenters. The number of nitrogens with zero attached hydrogens (tertiary/aromatic N) is 1. The van der Waals surface area contributed by atoms with Gasteiger partial charge >= 0.3 is 0 Å². The van der Waals surface area contributed by atoms with Gasteiger partial charge in [0.2, 0.25) is 0 Å². The maximum atomic E-state index is 5.78. The predicted molar refractivity (Wildman–Crippen MR) is 85.6 cm³/mol. The van der Waals surface area contributed by atoms with Crippen molar-refractivity contribution in [3.63, 3.8) is 0 Å². The molecule has 5 heteroatoms. The van der Waals surface area contributed by atoms with E-state index in [4.69, 9.17) is 22.4 Å². The van der Waals surface area contributed by atoms with Crippen LogP contribution in [0.1, 0.15) is 16.9 Å². The Hall–Kier alpha value is -1.33. The Kier molecular flexibility index (Phi) is 4.27. The van der Waals surface area contributed by atoms with Crippen molar-refractivity contribution in [1.82, 2.24) is 0 Å². The summed E-state index contributed by atoms with van der Waals surface area (Å²) in [5.74, 6) is 0.929. The van der Waals surface area contributed by atoms with Gasteiger partial charge < -0.3 is 15.1 Å². The normalized spacial score (nSPS) is 10.5. The van der Waals surface area contributed by atoms with Gasteiger partial charge in [0.15, 0.2) is 0 Å². The second-order valence-corrected chi connectivity index (χ2v) is 5.74. The molecule has 0 aliphatic heterocycles. The molecule has 0 amide bonds. The van der Waals surface area contributed by atoms with Gasteiger partial charge in [-0.1, -0.05) is 28.1 Å². The quantitative estimate of drug-likeness (QED) is 0.864. The van der Waals surface area contributed by atoms with E-state index in [0.29, 0.717) is 4.99 Å². The van der Waals surface area contributed by atoms with Crippen LogP contribution in [-0.2, 0) is 6.54 Å². The standard InChI is InChI=1S/C14H15BrN2OS/c1-9-10(5-6-18-9)8-17(2)13-7-11(15)3-4-12(13)14(16)19/h3-7H,8H2,1-2H3,(H2,16,19). The minimum absolute atomic E-state index is 0.401. The summed E-state index contributed by atoms with van der Waals surface area (Å²) >= 11 is 8.58. The Balaban J connectivity index is 2.32. The van der Waals surface area contributed by atoms with E-state index >= 15 is 0 Å². The molecule has 0 spiro atoms. The summed E-state index contributed by atoms with van der Waals surface area (Å²) in [5, 5.41) is 0. The van der Waals surface area contributed by atoms with Crippen molar-refractivity contribution in [3.05, 3.63) is 51.9 Å². The number of anilines is 1. The third-order valence-electron chi connectivity index (χ3n) is 3.01. The van der Waals surface area contributed by atoms with Gasteiger partial charge in [-0.25, -0.2) is 0 Å². The molecule has 2 rings (SSSR count). The Morgan fingerprint density at radius 3 is 2.74 bits per heavy atom. The van der Waals surface area contributed by atoms with Crippen LogP contribution in [0.25, 0.3) is 0 Å². The molecule has 100 valence electrons. The predicted octanol–water partition coefficient (Wildman–Crippen LogP) is 3.62. The minimum atomic E-state index is 0.401. The average molecular weight is 339 g/mol. The summed E-state index contributed by atoms with van der Waals surface area (Å²) in [7, 11) is 2.01. The molecule has 0 saturated carbocycles. The van der Waals surface area contributed by atoms with Gasteiger partial charge in [-0.2, -0.15) is 0 Å². The molecule has 0 fully saturated rings. The van der Waals surface area contributed by atoms with Gasteiger partial charge in [-0.3, -0.25) is 0 Å². The van der Waals surface area contributed by atoms with Crippen molar-refractivity contribution in [1.29, 1.82) is 0 Å². The second kappa shape index (κ2) is 5.75. The molecule has 2 aromatic rings. The molecule has 0 saturated heterocycles. The third kappa shape index (κ3) is 3.16. The molecule has 0 atom stereocenters. The molecule has 0 bridgehead atoms. The van der Waals surface area contributed by atoms with Crippen LogP contribution in [0.3, 0.4) is 0 Å². The lowest BCUT2D eigenvalue weighted by Crippen LogP contribution is -2.21. The van der Waals surface area contributed by atoms with Gasteiger partial charge in [-0.05, 0) is 31.2 Å². The van der Waals surface area contributed by atoms with E-state index in [2.05, 4.69) is 20.8 Å². The number of hydrogen-bond donors (Lipinski definition) is 1. The van der Waals surface area contributed by atoms with Gasteiger partial charge in [-0.15, -0.1) is 0 Å².